The van der Waals surface area contributed by atoms with Crippen molar-refractivity contribution >= 4 is 11.4 Å². The molecule has 2 rings (SSSR count). The van der Waals surface area contributed by atoms with Gasteiger partial charge in [0.25, 0.3) is 5.69 Å². The molecule has 1 heterocycles. The van der Waals surface area contributed by atoms with Crippen molar-refractivity contribution in [2.24, 2.45) is 0 Å². The predicted octanol–water partition coefficient (Wildman–Crippen LogP) is 1.94. The van der Waals surface area contributed by atoms with Crippen molar-refractivity contribution in [2.75, 3.05) is 5.73 Å². The van der Waals surface area contributed by atoms with Gasteiger partial charge in [0.05, 0.1) is 22.5 Å². The largest absolute Gasteiger partial charge is 0.396 e. The average molecular weight is 230 g/mol. The summed E-state index contributed by atoms with van der Waals surface area (Å²) < 4.78 is 0. The topological polar surface area (TPSA) is 94.9 Å². The number of aromatic nitrogens is 2. The van der Waals surface area contributed by atoms with E-state index in [2.05, 4.69) is 9.97 Å². The van der Waals surface area contributed by atoms with E-state index >= 15 is 0 Å². The molecule has 0 radical (unpaired) electrons. The SMILES string of the molecule is Cc1nc(-c2cccc([N+](=O)[O-])c2)ncc1N. The number of aryl methyl sites for hydroxylation is 1. The molecule has 6 heteroatoms. The molecule has 86 valence electrons. The predicted molar refractivity (Wildman–Crippen MR) is 63.3 cm³/mol. The lowest BCUT2D eigenvalue weighted by Crippen LogP contribution is -1.98. The van der Waals surface area contributed by atoms with Crippen LogP contribution in [0.3, 0.4) is 0 Å². The molecular weight excluding hydrogens is 220 g/mol. The minimum Gasteiger partial charge on any atom is -0.396 e. The Hall–Kier alpha value is -2.50. The zero-order valence-electron chi connectivity index (χ0n) is 9.12. The van der Waals surface area contributed by atoms with Crippen molar-refractivity contribution in [2.45, 2.75) is 6.92 Å². The standard InChI is InChI=1S/C11H10N4O2/c1-7-10(12)6-13-11(14-7)8-3-2-4-9(5-8)15(16)17/h2-6H,12H2,1H3. The number of nitrogens with zero attached hydrogens (tertiary/aromatic N) is 3. The summed E-state index contributed by atoms with van der Waals surface area (Å²) in [4.78, 5) is 18.4. The smallest absolute Gasteiger partial charge is 0.270 e. The normalized spacial score (nSPS) is 10.2. The Bertz CT molecular complexity index is 583. The summed E-state index contributed by atoms with van der Waals surface area (Å²) in [6.45, 7) is 1.76. The first-order chi connectivity index (χ1) is 8.08. The van der Waals surface area contributed by atoms with Crippen LogP contribution in [0.5, 0.6) is 0 Å². The number of nitrogens with two attached hydrogens (primary N) is 1. The van der Waals surface area contributed by atoms with Crippen molar-refractivity contribution in [3.05, 3.63) is 46.3 Å². The van der Waals surface area contributed by atoms with Crippen LogP contribution in [0, 0.1) is 17.0 Å². The second kappa shape index (κ2) is 4.17. The summed E-state index contributed by atoms with van der Waals surface area (Å²) in [6.07, 6.45) is 1.50. The lowest BCUT2D eigenvalue weighted by atomic mass is 10.2. The van der Waals surface area contributed by atoms with Gasteiger partial charge in [-0.25, -0.2) is 9.97 Å². The minimum absolute atomic E-state index is 0.0144. The van der Waals surface area contributed by atoms with E-state index in [1.54, 1.807) is 19.1 Å². The van der Waals surface area contributed by atoms with Crippen LogP contribution in [0.1, 0.15) is 5.69 Å². The molecule has 6 nitrogen and oxygen atoms in total. The first-order valence-electron chi connectivity index (χ1n) is 4.92. The van der Waals surface area contributed by atoms with E-state index < -0.39 is 4.92 Å². The van der Waals surface area contributed by atoms with Gasteiger partial charge in [0.2, 0.25) is 0 Å². The van der Waals surface area contributed by atoms with Gasteiger partial charge in [-0.2, -0.15) is 0 Å². The van der Waals surface area contributed by atoms with Crippen LogP contribution in [-0.4, -0.2) is 14.9 Å². The fourth-order valence-electron chi connectivity index (χ4n) is 1.37. The van der Waals surface area contributed by atoms with E-state index in [4.69, 9.17) is 5.73 Å². The second-order valence-corrected chi connectivity index (χ2v) is 3.54. The van der Waals surface area contributed by atoms with Gasteiger partial charge >= 0.3 is 0 Å². The monoisotopic (exact) mass is 230 g/mol. The van der Waals surface area contributed by atoms with Crippen LogP contribution in [0.2, 0.25) is 0 Å². The highest BCUT2D eigenvalue weighted by Gasteiger charge is 2.09. The van der Waals surface area contributed by atoms with Crippen molar-refractivity contribution in [3.8, 4) is 11.4 Å². The molecule has 1 aromatic carbocycles. The molecule has 2 aromatic rings. The molecule has 0 fully saturated rings. The van der Waals surface area contributed by atoms with Crippen LogP contribution in [0.4, 0.5) is 11.4 Å². The van der Waals surface area contributed by atoms with Gasteiger partial charge in [-0.3, -0.25) is 10.1 Å². The number of anilines is 1. The van der Waals surface area contributed by atoms with Crippen LogP contribution in [0.25, 0.3) is 11.4 Å². The summed E-state index contributed by atoms with van der Waals surface area (Å²) in [5, 5.41) is 10.7. The quantitative estimate of drug-likeness (QED) is 0.628. The number of hydrogen-bond donors (Lipinski definition) is 1. The molecule has 2 N–H and O–H groups in total. The van der Waals surface area contributed by atoms with Gasteiger partial charge in [-0.05, 0) is 6.92 Å². The zero-order valence-corrected chi connectivity index (χ0v) is 9.12. The maximum absolute atomic E-state index is 10.7. The zero-order chi connectivity index (χ0) is 12.4. The van der Waals surface area contributed by atoms with Gasteiger partial charge < -0.3 is 5.73 Å². The molecule has 17 heavy (non-hydrogen) atoms. The van der Waals surface area contributed by atoms with Crippen LogP contribution < -0.4 is 5.73 Å². The third-order valence-electron chi connectivity index (χ3n) is 2.33. The van der Waals surface area contributed by atoms with Gasteiger partial charge in [0.15, 0.2) is 5.82 Å². The van der Waals surface area contributed by atoms with Gasteiger partial charge in [0.1, 0.15) is 0 Å². The van der Waals surface area contributed by atoms with Crippen molar-refractivity contribution < 1.29 is 4.92 Å². The third-order valence-corrected chi connectivity index (χ3v) is 2.33. The number of hydrogen-bond acceptors (Lipinski definition) is 5. The van der Waals surface area contributed by atoms with E-state index in [0.717, 1.165) is 0 Å². The summed E-state index contributed by atoms with van der Waals surface area (Å²) in [7, 11) is 0. The van der Waals surface area contributed by atoms with E-state index in [0.29, 0.717) is 22.8 Å². The van der Waals surface area contributed by atoms with Gasteiger partial charge in [0, 0.05) is 17.7 Å². The number of rotatable bonds is 2. The van der Waals surface area contributed by atoms with Crippen LogP contribution >= 0.6 is 0 Å². The number of non-ortho nitro benzene ring substituents is 1. The maximum atomic E-state index is 10.7. The van der Waals surface area contributed by atoms with E-state index in [9.17, 15) is 10.1 Å². The molecule has 0 bridgehead atoms. The highest BCUT2D eigenvalue weighted by atomic mass is 16.6. The Kier molecular flexibility index (Phi) is 2.70. The summed E-state index contributed by atoms with van der Waals surface area (Å²) in [5.41, 5.74) is 7.38. The van der Waals surface area contributed by atoms with Gasteiger partial charge in [-0.1, -0.05) is 12.1 Å². The molecule has 1 aromatic heterocycles. The Morgan fingerprint density at radius 2 is 2.18 bits per heavy atom. The van der Waals surface area contributed by atoms with E-state index in [-0.39, 0.29) is 5.69 Å². The first-order valence-corrected chi connectivity index (χ1v) is 4.92. The number of benzene rings is 1. The lowest BCUT2D eigenvalue weighted by Gasteiger charge is -2.03. The first kappa shape index (κ1) is 11.0. The highest BCUT2D eigenvalue weighted by molar-refractivity contribution is 5.60. The molecule has 0 spiro atoms. The lowest BCUT2D eigenvalue weighted by molar-refractivity contribution is -0.384. The molecule has 0 unspecified atom stereocenters. The van der Waals surface area contributed by atoms with E-state index in [1.165, 1.54) is 18.3 Å². The molecule has 0 aliphatic heterocycles. The average Bonchev–Trinajstić information content (AvgIpc) is 2.33. The summed E-state index contributed by atoms with van der Waals surface area (Å²) in [5.74, 6) is 0.431. The van der Waals surface area contributed by atoms with Crippen molar-refractivity contribution in [1.82, 2.24) is 9.97 Å². The van der Waals surface area contributed by atoms with E-state index in [1.807, 2.05) is 0 Å². The van der Waals surface area contributed by atoms with Crippen LogP contribution in [0.15, 0.2) is 30.5 Å². The molecule has 0 aliphatic carbocycles. The molecule has 0 saturated heterocycles. The second-order valence-electron chi connectivity index (χ2n) is 3.54. The maximum Gasteiger partial charge on any atom is 0.270 e. The van der Waals surface area contributed by atoms with Gasteiger partial charge in [-0.15, -0.1) is 0 Å². The Labute approximate surface area is 97.3 Å². The summed E-state index contributed by atoms with van der Waals surface area (Å²) >= 11 is 0. The minimum atomic E-state index is -0.451. The Morgan fingerprint density at radius 1 is 1.41 bits per heavy atom. The highest BCUT2D eigenvalue weighted by Crippen LogP contribution is 2.21. The van der Waals surface area contributed by atoms with Crippen molar-refractivity contribution in [1.29, 1.82) is 0 Å². The fourth-order valence-corrected chi connectivity index (χ4v) is 1.37. The molecule has 0 aliphatic rings. The molecule has 0 amide bonds. The number of nitrogen functional groups attached to an aromatic ring is 1. The summed E-state index contributed by atoms with van der Waals surface area (Å²) in [6, 6.07) is 6.18. The molecule has 0 saturated carbocycles. The molecule has 0 atom stereocenters. The number of nitro benzene ring substituents is 1. The Balaban J connectivity index is 2.49. The fraction of sp³-hybridized carbons (Fsp3) is 0.0909. The molecular formula is C11H10N4O2. The third kappa shape index (κ3) is 2.20. The van der Waals surface area contributed by atoms with Crippen LogP contribution in [-0.2, 0) is 0 Å². The Morgan fingerprint density at radius 3 is 2.82 bits per heavy atom. The van der Waals surface area contributed by atoms with Crippen molar-refractivity contribution in [3.63, 3.8) is 0 Å². The number of nitro groups is 1.